The Bertz CT molecular complexity index is 346. The van der Waals surface area contributed by atoms with Gasteiger partial charge in [0.05, 0.1) is 0 Å². The van der Waals surface area contributed by atoms with Crippen LogP contribution in [0.2, 0.25) is 0 Å². The predicted octanol–water partition coefficient (Wildman–Crippen LogP) is -0.592. The van der Waals surface area contributed by atoms with Gasteiger partial charge < -0.3 is 19.5 Å². The minimum Gasteiger partial charge on any atom is -0.464 e. The fourth-order valence-electron chi connectivity index (χ4n) is 1.31. The molecule has 0 unspecified atom stereocenters. The van der Waals surface area contributed by atoms with Gasteiger partial charge in [-0.05, 0) is 0 Å². The number of esters is 3. The number of carbonyl (C=O) groups excluding carboxylic acids is 4. The predicted molar refractivity (Wildman–Crippen MR) is 66.4 cm³/mol. The highest BCUT2D eigenvalue weighted by atomic mass is 16.6. The molecule has 1 N–H and O–H groups in total. The van der Waals surface area contributed by atoms with Crippen LogP contribution in [0.15, 0.2) is 0 Å². The second kappa shape index (κ2) is 8.13. The summed E-state index contributed by atoms with van der Waals surface area (Å²) in [5.41, 5.74) is -1.47. The van der Waals surface area contributed by atoms with Crippen molar-refractivity contribution in [3.05, 3.63) is 0 Å². The molecule has 0 saturated heterocycles. The quantitative estimate of drug-likeness (QED) is 0.493. The van der Waals surface area contributed by atoms with Gasteiger partial charge in [-0.3, -0.25) is 19.2 Å². The summed E-state index contributed by atoms with van der Waals surface area (Å²) in [4.78, 5) is 44.7. The maximum atomic E-state index is 12.0. The molecule has 0 heterocycles. The number of hydrogen-bond donors (Lipinski definition) is 1. The third-order valence-electron chi connectivity index (χ3n) is 2.36. The van der Waals surface area contributed by atoms with Gasteiger partial charge in [0.1, 0.15) is 19.8 Å². The van der Waals surface area contributed by atoms with Gasteiger partial charge in [0.2, 0.25) is 5.91 Å². The standard InChI is InChI=1S/C12H19NO7/c1-8(14)18-5-12(11(17)13-4,6-19-9(2)15)7-20-10(3)16/h5-7H2,1-4H3,(H,13,17). The molecule has 0 saturated carbocycles. The highest BCUT2D eigenvalue weighted by Gasteiger charge is 2.42. The second-order valence-corrected chi connectivity index (χ2v) is 4.20. The molecule has 0 aromatic carbocycles. The van der Waals surface area contributed by atoms with E-state index in [0.717, 1.165) is 0 Å². The lowest BCUT2D eigenvalue weighted by Gasteiger charge is -2.29. The fourth-order valence-corrected chi connectivity index (χ4v) is 1.31. The van der Waals surface area contributed by atoms with Crippen LogP contribution < -0.4 is 5.32 Å². The molecule has 1 amide bonds. The van der Waals surface area contributed by atoms with Crippen molar-refractivity contribution in [1.82, 2.24) is 5.32 Å². The van der Waals surface area contributed by atoms with Crippen molar-refractivity contribution in [2.45, 2.75) is 20.8 Å². The van der Waals surface area contributed by atoms with E-state index < -0.39 is 29.2 Å². The van der Waals surface area contributed by atoms with Crippen LogP contribution in [0.25, 0.3) is 0 Å². The zero-order valence-electron chi connectivity index (χ0n) is 12.0. The highest BCUT2D eigenvalue weighted by molar-refractivity contribution is 5.84. The van der Waals surface area contributed by atoms with Gasteiger partial charge in [-0.1, -0.05) is 0 Å². The van der Waals surface area contributed by atoms with Gasteiger partial charge in [0.15, 0.2) is 5.41 Å². The summed E-state index contributed by atoms with van der Waals surface area (Å²) in [6, 6.07) is 0. The first-order valence-electron chi connectivity index (χ1n) is 5.86. The van der Waals surface area contributed by atoms with E-state index in [1.807, 2.05) is 0 Å². The van der Waals surface area contributed by atoms with E-state index >= 15 is 0 Å². The van der Waals surface area contributed by atoms with Gasteiger partial charge in [-0.25, -0.2) is 0 Å². The lowest BCUT2D eigenvalue weighted by atomic mass is 9.89. The maximum Gasteiger partial charge on any atom is 0.302 e. The monoisotopic (exact) mass is 289 g/mol. The van der Waals surface area contributed by atoms with Gasteiger partial charge in [-0.15, -0.1) is 0 Å². The largest absolute Gasteiger partial charge is 0.464 e. The van der Waals surface area contributed by atoms with E-state index in [1.54, 1.807) is 0 Å². The van der Waals surface area contributed by atoms with E-state index in [9.17, 15) is 19.2 Å². The van der Waals surface area contributed by atoms with Crippen LogP contribution in [0.1, 0.15) is 20.8 Å². The summed E-state index contributed by atoms with van der Waals surface area (Å²) in [6.45, 7) is 2.40. The van der Waals surface area contributed by atoms with E-state index in [-0.39, 0.29) is 19.8 Å². The molecule has 0 atom stereocenters. The number of rotatable bonds is 7. The summed E-state index contributed by atoms with van der Waals surface area (Å²) in [5, 5.41) is 2.36. The Kier molecular flexibility index (Phi) is 7.27. The Morgan fingerprint density at radius 2 is 1.10 bits per heavy atom. The zero-order chi connectivity index (χ0) is 15.8. The Morgan fingerprint density at radius 1 is 0.800 bits per heavy atom. The fraction of sp³-hybridized carbons (Fsp3) is 0.667. The zero-order valence-corrected chi connectivity index (χ0v) is 12.0. The van der Waals surface area contributed by atoms with Crippen molar-refractivity contribution in [3.63, 3.8) is 0 Å². The van der Waals surface area contributed by atoms with Gasteiger partial charge in [-0.2, -0.15) is 0 Å². The molecule has 0 aromatic rings. The Balaban J connectivity index is 5.13. The molecule has 20 heavy (non-hydrogen) atoms. The van der Waals surface area contributed by atoms with Crippen molar-refractivity contribution in [2.75, 3.05) is 26.9 Å². The van der Waals surface area contributed by atoms with Crippen LogP contribution in [0, 0.1) is 5.41 Å². The number of nitrogens with one attached hydrogen (secondary N) is 1. The van der Waals surface area contributed by atoms with Crippen LogP contribution in [-0.2, 0) is 33.4 Å². The van der Waals surface area contributed by atoms with Crippen molar-refractivity contribution in [3.8, 4) is 0 Å². The average Bonchev–Trinajstić information content (AvgIpc) is 2.36. The Hall–Kier alpha value is -2.12. The number of ether oxygens (including phenoxy) is 3. The second-order valence-electron chi connectivity index (χ2n) is 4.20. The summed E-state index contributed by atoms with van der Waals surface area (Å²) in [7, 11) is 1.37. The summed E-state index contributed by atoms with van der Waals surface area (Å²) in [6.07, 6.45) is 0. The van der Waals surface area contributed by atoms with Crippen molar-refractivity contribution in [1.29, 1.82) is 0 Å². The Morgan fingerprint density at radius 3 is 1.30 bits per heavy atom. The molecule has 0 aliphatic heterocycles. The first kappa shape index (κ1) is 17.9. The lowest BCUT2D eigenvalue weighted by Crippen LogP contribution is -2.50. The van der Waals surface area contributed by atoms with Crippen LogP contribution in [0.3, 0.4) is 0 Å². The molecular formula is C12H19NO7. The molecule has 8 heteroatoms. The topological polar surface area (TPSA) is 108 Å². The smallest absolute Gasteiger partial charge is 0.302 e. The minimum absolute atomic E-state index is 0.372. The Labute approximate surface area is 116 Å². The van der Waals surface area contributed by atoms with E-state index in [2.05, 4.69) is 5.32 Å². The first-order chi connectivity index (χ1) is 9.23. The van der Waals surface area contributed by atoms with Crippen LogP contribution in [-0.4, -0.2) is 50.7 Å². The van der Waals surface area contributed by atoms with Crippen LogP contribution in [0.4, 0.5) is 0 Å². The number of hydrogen-bond acceptors (Lipinski definition) is 7. The van der Waals surface area contributed by atoms with Gasteiger partial charge in [0.25, 0.3) is 0 Å². The molecule has 114 valence electrons. The molecular weight excluding hydrogens is 270 g/mol. The molecule has 0 rings (SSSR count). The third-order valence-corrected chi connectivity index (χ3v) is 2.36. The molecule has 0 aliphatic carbocycles. The normalized spacial score (nSPS) is 10.4. The first-order valence-corrected chi connectivity index (χ1v) is 5.86. The van der Waals surface area contributed by atoms with E-state index in [4.69, 9.17) is 14.2 Å². The summed E-state index contributed by atoms with van der Waals surface area (Å²) < 4.78 is 14.4. The maximum absolute atomic E-state index is 12.0. The molecule has 0 bridgehead atoms. The van der Waals surface area contributed by atoms with Crippen LogP contribution >= 0.6 is 0 Å². The molecule has 0 aliphatic rings. The SMILES string of the molecule is CNC(=O)C(COC(C)=O)(COC(C)=O)COC(C)=O. The van der Waals surface area contributed by atoms with Crippen LogP contribution in [0.5, 0.6) is 0 Å². The van der Waals surface area contributed by atoms with Crippen molar-refractivity contribution < 1.29 is 33.4 Å². The van der Waals surface area contributed by atoms with E-state index in [1.165, 1.54) is 27.8 Å². The third kappa shape index (κ3) is 6.17. The molecule has 0 spiro atoms. The molecule has 8 nitrogen and oxygen atoms in total. The highest BCUT2D eigenvalue weighted by Crippen LogP contribution is 2.20. The number of amides is 1. The summed E-state index contributed by atoms with van der Waals surface area (Å²) in [5.74, 6) is -2.39. The molecule has 0 aromatic heterocycles. The lowest BCUT2D eigenvalue weighted by molar-refractivity contribution is -0.164. The van der Waals surface area contributed by atoms with Gasteiger partial charge in [0, 0.05) is 27.8 Å². The van der Waals surface area contributed by atoms with E-state index in [0.29, 0.717) is 0 Å². The van der Waals surface area contributed by atoms with Crippen molar-refractivity contribution in [2.24, 2.45) is 5.41 Å². The molecule has 0 fully saturated rings. The molecule has 0 radical (unpaired) electrons. The van der Waals surface area contributed by atoms with Crippen molar-refractivity contribution >= 4 is 23.8 Å². The average molecular weight is 289 g/mol. The minimum atomic E-state index is -1.47. The van der Waals surface area contributed by atoms with Gasteiger partial charge >= 0.3 is 17.9 Å². The summed E-state index contributed by atoms with van der Waals surface area (Å²) >= 11 is 0. The number of carbonyl (C=O) groups is 4.